The number of ether oxygens (including phenoxy) is 1. The van der Waals surface area contributed by atoms with Gasteiger partial charge in [-0.25, -0.2) is 8.42 Å². The van der Waals surface area contributed by atoms with Crippen LogP contribution in [-0.4, -0.2) is 28.5 Å². The van der Waals surface area contributed by atoms with Crippen LogP contribution in [0.4, 0.5) is 11.4 Å². The molecule has 1 amide bonds. The minimum absolute atomic E-state index is 0.196. The summed E-state index contributed by atoms with van der Waals surface area (Å²) in [6.45, 7) is 3.70. The number of amides is 1. The van der Waals surface area contributed by atoms with E-state index in [-0.39, 0.29) is 10.8 Å². The van der Waals surface area contributed by atoms with Crippen LogP contribution in [0.2, 0.25) is 0 Å². The highest BCUT2D eigenvalue weighted by Gasteiger charge is 2.23. The maximum absolute atomic E-state index is 13.1. The number of nitrogens with one attached hydrogen (secondary N) is 1. The summed E-state index contributed by atoms with van der Waals surface area (Å²) in [6, 6.07) is 18.7. The number of sulfonamides is 1. The fourth-order valence-corrected chi connectivity index (χ4v) is 4.24. The Kier molecular flexibility index (Phi) is 6.12. The largest absolute Gasteiger partial charge is 0.497 e. The molecule has 0 unspecified atom stereocenters. The molecule has 0 spiro atoms. The van der Waals surface area contributed by atoms with Crippen molar-refractivity contribution in [2.24, 2.45) is 0 Å². The third-order valence-electron chi connectivity index (χ3n) is 4.82. The predicted octanol–water partition coefficient (Wildman–Crippen LogP) is 4.39. The lowest BCUT2D eigenvalue weighted by Crippen LogP contribution is -2.27. The molecule has 0 heterocycles. The molecule has 3 aromatic rings. The van der Waals surface area contributed by atoms with Gasteiger partial charge < -0.3 is 10.1 Å². The molecule has 0 saturated heterocycles. The molecule has 6 nitrogen and oxygen atoms in total. The molecule has 0 atom stereocenters. The standard InChI is InChI=1S/C23H24N2O4S/c1-16-8-12-21(13-9-16)30(27,28)25(3)22-14-18(11-10-17(22)2)23(26)24-19-6-5-7-20(15-19)29-4/h5-15H,1-4H3,(H,24,26). The van der Waals surface area contributed by atoms with E-state index in [4.69, 9.17) is 4.74 Å². The van der Waals surface area contributed by atoms with Gasteiger partial charge in [0.05, 0.1) is 17.7 Å². The number of hydrogen-bond acceptors (Lipinski definition) is 4. The Balaban J connectivity index is 1.90. The minimum Gasteiger partial charge on any atom is -0.497 e. The third-order valence-corrected chi connectivity index (χ3v) is 6.60. The van der Waals surface area contributed by atoms with Gasteiger partial charge in [-0.2, -0.15) is 0 Å². The number of hydrogen-bond donors (Lipinski definition) is 1. The van der Waals surface area contributed by atoms with Crippen LogP contribution in [0.5, 0.6) is 5.75 Å². The van der Waals surface area contributed by atoms with Crippen LogP contribution in [0.15, 0.2) is 71.6 Å². The molecule has 3 aromatic carbocycles. The van der Waals surface area contributed by atoms with E-state index in [0.717, 1.165) is 11.1 Å². The molecular weight excluding hydrogens is 400 g/mol. The van der Waals surface area contributed by atoms with Crippen LogP contribution in [0.1, 0.15) is 21.5 Å². The first-order valence-corrected chi connectivity index (χ1v) is 10.8. The van der Waals surface area contributed by atoms with Crippen molar-refractivity contribution in [3.05, 3.63) is 83.4 Å². The van der Waals surface area contributed by atoms with Gasteiger partial charge >= 0.3 is 0 Å². The maximum Gasteiger partial charge on any atom is 0.264 e. The number of carbonyl (C=O) groups is 1. The monoisotopic (exact) mass is 424 g/mol. The lowest BCUT2D eigenvalue weighted by Gasteiger charge is -2.22. The first-order chi connectivity index (χ1) is 14.2. The number of nitrogens with zero attached hydrogens (tertiary/aromatic N) is 1. The molecule has 0 bridgehead atoms. The summed E-state index contributed by atoms with van der Waals surface area (Å²) in [5.41, 5.74) is 3.09. The molecule has 156 valence electrons. The lowest BCUT2D eigenvalue weighted by molar-refractivity contribution is 0.102. The SMILES string of the molecule is COc1cccc(NC(=O)c2ccc(C)c(N(C)S(=O)(=O)c3ccc(C)cc3)c2)c1. The number of anilines is 2. The average molecular weight is 425 g/mol. The van der Waals surface area contributed by atoms with Gasteiger partial charge in [0.1, 0.15) is 5.75 Å². The van der Waals surface area contributed by atoms with Crippen molar-refractivity contribution in [1.82, 2.24) is 0 Å². The van der Waals surface area contributed by atoms with E-state index < -0.39 is 10.0 Å². The number of carbonyl (C=O) groups excluding carboxylic acids is 1. The van der Waals surface area contributed by atoms with E-state index in [1.807, 2.05) is 6.92 Å². The molecule has 0 aromatic heterocycles. The molecule has 0 fully saturated rings. The molecule has 0 aliphatic heterocycles. The van der Waals surface area contributed by atoms with Crippen molar-refractivity contribution in [2.75, 3.05) is 23.8 Å². The molecule has 0 aliphatic rings. The van der Waals surface area contributed by atoms with Crippen molar-refractivity contribution in [3.8, 4) is 5.75 Å². The summed E-state index contributed by atoms with van der Waals surface area (Å²) in [4.78, 5) is 12.9. The number of methoxy groups -OCH3 is 1. The Bertz CT molecular complexity index is 1170. The van der Waals surface area contributed by atoms with Crippen molar-refractivity contribution in [3.63, 3.8) is 0 Å². The fourth-order valence-electron chi connectivity index (χ4n) is 2.99. The first kappa shape index (κ1) is 21.4. The van der Waals surface area contributed by atoms with Gasteiger partial charge in [0.2, 0.25) is 0 Å². The van der Waals surface area contributed by atoms with E-state index in [9.17, 15) is 13.2 Å². The molecule has 30 heavy (non-hydrogen) atoms. The highest BCUT2D eigenvalue weighted by atomic mass is 32.2. The normalized spacial score (nSPS) is 11.1. The van der Waals surface area contributed by atoms with Gasteiger partial charge in [-0.05, 0) is 55.8 Å². The summed E-state index contributed by atoms with van der Waals surface area (Å²) >= 11 is 0. The van der Waals surface area contributed by atoms with E-state index >= 15 is 0 Å². The van der Waals surface area contributed by atoms with Gasteiger partial charge in [-0.3, -0.25) is 9.10 Å². The lowest BCUT2D eigenvalue weighted by atomic mass is 10.1. The van der Waals surface area contributed by atoms with Gasteiger partial charge in [0.15, 0.2) is 0 Å². The summed E-state index contributed by atoms with van der Waals surface area (Å²) in [5, 5.41) is 2.81. The second kappa shape index (κ2) is 8.59. The van der Waals surface area contributed by atoms with Crippen molar-refractivity contribution < 1.29 is 17.9 Å². The van der Waals surface area contributed by atoms with Crippen LogP contribution in [0.3, 0.4) is 0 Å². The molecule has 0 saturated carbocycles. The smallest absolute Gasteiger partial charge is 0.264 e. The third kappa shape index (κ3) is 4.46. The Hall–Kier alpha value is -3.32. The van der Waals surface area contributed by atoms with Gasteiger partial charge in [-0.15, -0.1) is 0 Å². The van der Waals surface area contributed by atoms with Crippen molar-refractivity contribution in [2.45, 2.75) is 18.7 Å². The van der Waals surface area contributed by atoms with E-state index in [0.29, 0.717) is 22.7 Å². The second-order valence-corrected chi connectivity index (χ2v) is 8.94. The molecule has 0 radical (unpaired) electrons. The summed E-state index contributed by atoms with van der Waals surface area (Å²) < 4.78 is 32.5. The van der Waals surface area contributed by atoms with Crippen LogP contribution < -0.4 is 14.4 Å². The number of aryl methyl sites for hydroxylation is 2. The summed E-state index contributed by atoms with van der Waals surface area (Å²) in [7, 11) is -0.716. The first-order valence-electron chi connectivity index (χ1n) is 9.34. The summed E-state index contributed by atoms with van der Waals surface area (Å²) in [6.07, 6.45) is 0. The van der Waals surface area contributed by atoms with E-state index in [1.165, 1.54) is 11.4 Å². The van der Waals surface area contributed by atoms with E-state index in [2.05, 4.69) is 5.32 Å². The Morgan fingerprint density at radius 2 is 1.67 bits per heavy atom. The van der Waals surface area contributed by atoms with Crippen molar-refractivity contribution >= 4 is 27.3 Å². The van der Waals surface area contributed by atoms with Crippen LogP contribution in [0, 0.1) is 13.8 Å². The van der Waals surface area contributed by atoms with Crippen LogP contribution in [-0.2, 0) is 10.0 Å². The van der Waals surface area contributed by atoms with Gasteiger partial charge in [0.25, 0.3) is 15.9 Å². The fraction of sp³-hybridized carbons (Fsp3) is 0.174. The molecular formula is C23H24N2O4S. The highest BCUT2D eigenvalue weighted by Crippen LogP contribution is 2.27. The Labute approximate surface area is 177 Å². The zero-order chi connectivity index (χ0) is 21.9. The maximum atomic E-state index is 13.1. The quantitative estimate of drug-likeness (QED) is 0.637. The molecule has 0 aliphatic carbocycles. The predicted molar refractivity (Wildman–Crippen MR) is 119 cm³/mol. The highest BCUT2D eigenvalue weighted by molar-refractivity contribution is 7.92. The topological polar surface area (TPSA) is 75.7 Å². The molecule has 3 rings (SSSR count). The zero-order valence-electron chi connectivity index (χ0n) is 17.3. The van der Waals surface area contributed by atoms with Gasteiger partial charge in [0, 0.05) is 24.4 Å². The second-order valence-electron chi connectivity index (χ2n) is 6.97. The van der Waals surface area contributed by atoms with Crippen LogP contribution >= 0.6 is 0 Å². The number of benzene rings is 3. The Morgan fingerprint density at radius 1 is 0.967 bits per heavy atom. The van der Waals surface area contributed by atoms with Crippen LogP contribution in [0.25, 0.3) is 0 Å². The van der Waals surface area contributed by atoms with E-state index in [1.54, 1.807) is 80.8 Å². The average Bonchev–Trinajstić information content (AvgIpc) is 2.74. The Morgan fingerprint density at radius 3 is 2.33 bits per heavy atom. The van der Waals surface area contributed by atoms with Gasteiger partial charge in [-0.1, -0.05) is 29.8 Å². The molecule has 1 N–H and O–H groups in total. The summed E-state index contributed by atoms with van der Waals surface area (Å²) in [5.74, 6) is 0.284. The minimum atomic E-state index is -3.76. The van der Waals surface area contributed by atoms with Crippen molar-refractivity contribution in [1.29, 1.82) is 0 Å². The zero-order valence-corrected chi connectivity index (χ0v) is 18.2. The molecule has 7 heteroatoms. The number of rotatable bonds is 6.